The van der Waals surface area contributed by atoms with Crippen LogP contribution < -0.4 is 10.2 Å². The van der Waals surface area contributed by atoms with Crippen LogP contribution in [0.4, 0.5) is 5.82 Å². The lowest BCUT2D eigenvalue weighted by Crippen LogP contribution is -2.32. The Balaban J connectivity index is 1.71. The Kier molecular flexibility index (Phi) is 5.51. The zero-order valence-electron chi connectivity index (χ0n) is 13.9. The minimum absolute atomic E-state index is 0.0477. The summed E-state index contributed by atoms with van der Waals surface area (Å²) in [7, 11) is 0. The maximum absolute atomic E-state index is 12.5. The van der Waals surface area contributed by atoms with Crippen molar-refractivity contribution < 1.29 is 4.79 Å². The number of nitrogens with zero attached hydrogens (tertiary/aromatic N) is 2. The van der Waals surface area contributed by atoms with Crippen LogP contribution in [0.3, 0.4) is 0 Å². The number of rotatable bonds is 4. The first-order chi connectivity index (χ1) is 11.6. The molecule has 5 heteroatoms. The molecule has 0 saturated carbocycles. The van der Waals surface area contributed by atoms with Crippen molar-refractivity contribution in [1.29, 1.82) is 0 Å². The van der Waals surface area contributed by atoms with Gasteiger partial charge in [0.05, 0.1) is 0 Å². The molecule has 3 rings (SSSR count). The zero-order valence-corrected chi connectivity index (χ0v) is 15.5. The van der Waals surface area contributed by atoms with Crippen LogP contribution in [0.15, 0.2) is 41.0 Å². The molecule has 4 nitrogen and oxygen atoms in total. The molecular formula is C19H22BrN3O. The van der Waals surface area contributed by atoms with E-state index in [9.17, 15) is 4.79 Å². The first-order valence-corrected chi connectivity index (χ1v) is 9.17. The van der Waals surface area contributed by atoms with E-state index in [1.165, 1.54) is 19.3 Å². The molecule has 126 valence electrons. The number of benzene rings is 1. The fraction of sp³-hybridized carbons (Fsp3) is 0.368. The molecule has 0 spiro atoms. The summed E-state index contributed by atoms with van der Waals surface area (Å²) in [6.45, 7) is 4.53. The summed E-state index contributed by atoms with van der Waals surface area (Å²) in [5, 5.41) is 3.03. The summed E-state index contributed by atoms with van der Waals surface area (Å²) in [6.07, 6.45) is 5.54. The van der Waals surface area contributed by atoms with E-state index in [2.05, 4.69) is 31.1 Å². The highest BCUT2D eigenvalue weighted by atomic mass is 79.9. The van der Waals surface area contributed by atoms with Gasteiger partial charge in [0.15, 0.2) is 0 Å². The highest BCUT2D eigenvalue weighted by Gasteiger charge is 2.16. The van der Waals surface area contributed by atoms with Crippen molar-refractivity contribution in [2.24, 2.45) is 0 Å². The quantitative estimate of drug-likeness (QED) is 0.859. The Hall–Kier alpha value is -1.88. The topological polar surface area (TPSA) is 45.2 Å². The van der Waals surface area contributed by atoms with E-state index in [4.69, 9.17) is 0 Å². The number of halogens is 1. The van der Waals surface area contributed by atoms with Crippen LogP contribution in [-0.2, 0) is 6.54 Å². The van der Waals surface area contributed by atoms with Gasteiger partial charge >= 0.3 is 0 Å². The molecular weight excluding hydrogens is 366 g/mol. The number of pyridine rings is 1. The van der Waals surface area contributed by atoms with Gasteiger partial charge in [-0.15, -0.1) is 0 Å². The van der Waals surface area contributed by atoms with Crippen molar-refractivity contribution in [3.63, 3.8) is 0 Å². The lowest BCUT2D eigenvalue weighted by molar-refractivity contribution is 0.0950. The van der Waals surface area contributed by atoms with Crippen molar-refractivity contribution >= 4 is 27.7 Å². The molecule has 1 aliphatic rings. The minimum Gasteiger partial charge on any atom is -0.356 e. The third-order valence-corrected chi connectivity index (χ3v) is 4.89. The molecule has 24 heavy (non-hydrogen) atoms. The molecule has 1 aromatic heterocycles. The van der Waals surface area contributed by atoms with Gasteiger partial charge < -0.3 is 10.2 Å². The lowest BCUT2D eigenvalue weighted by atomic mass is 10.1. The van der Waals surface area contributed by atoms with Crippen LogP contribution in [0.2, 0.25) is 0 Å². The number of carbonyl (C=O) groups excluding carboxylic acids is 1. The van der Waals surface area contributed by atoms with Crippen LogP contribution in [0.5, 0.6) is 0 Å². The normalized spacial score (nSPS) is 14.5. The average Bonchev–Trinajstić information content (AvgIpc) is 2.61. The molecule has 1 amide bonds. The van der Waals surface area contributed by atoms with Crippen LogP contribution >= 0.6 is 15.9 Å². The van der Waals surface area contributed by atoms with E-state index in [1.54, 1.807) is 0 Å². The first kappa shape index (κ1) is 17.0. The number of aromatic nitrogens is 1. The van der Waals surface area contributed by atoms with Gasteiger partial charge in [0.25, 0.3) is 5.91 Å². The maximum Gasteiger partial charge on any atom is 0.251 e. The largest absolute Gasteiger partial charge is 0.356 e. The number of piperidine rings is 1. The van der Waals surface area contributed by atoms with Crippen molar-refractivity contribution in [2.45, 2.75) is 32.7 Å². The van der Waals surface area contributed by atoms with E-state index in [-0.39, 0.29) is 5.91 Å². The van der Waals surface area contributed by atoms with Crippen molar-refractivity contribution in [2.75, 3.05) is 18.0 Å². The number of anilines is 1. The summed E-state index contributed by atoms with van der Waals surface area (Å²) < 4.78 is 0.983. The van der Waals surface area contributed by atoms with E-state index >= 15 is 0 Å². The summed E-state index contributed by atoms with van der Waals surface area (Å²) in [5.74, 6) is 0.957. The second-order valence-corrected chi connectivity index (χ2v) is 7.09. The van der Waals surface area contributed by atoms with Crippen LogP contribution in [-0.4, -0.2) is 24.0 Å². The van der Waals surface area contributed by atoms with Gasteiger partial charge in [-0.3, -0.25) is 4.79 Å². The maximum atomic E-state index is 12.5. The number of hydrogen-bond acceptors (Lipinski definition) is 3. The first-order valence-electron chi connectivity index (χ1n) is 8.38. The predicted molar refractivity (Wildman–Crippen MR) is 100 cm³/mol. The fourth-order valence-electron chi connectivity index (χ4n) is 3.11. The number of nitrogens with one attached hydrogen (secondary N) is 1. The van der Waals surface area contributed by atoms with E-state index in [1.807, 2.05) is 43.5 Å². The Labute approximate surface area is 151 Å². The number of carbonyl (C=O) groups is 1. The molecule has 0 bridgehead atoms. The third-order valence-electron chi connectivity index (χ3n) is 4.40. The molecule has 0 atom stereocenters. The molecule has 1 saturated heterocycles. The van der Waals surface area contributed by atoms with Gasteiger partial charge in [-0.2, -0.15) is 0 Å². The molecule has 2 heterocycles. The molecule has 1 fully saturated rings. The smallest absolute Gasteiger partial charge is 0.251 e. The van der Waals surface area contributed by atoms with E-state index < -0.39 is 0 Å². The summed E-state index contributed by atoms with van der Waals surface area (Å²) in [5.41, 5.74) is 2.74. The van der Waals surface area contributed by atoms with Crippen molar-refractivity contribution in [3.8, 4) is 0 Å². The highest BCUT2D eigenvalue weighted by molar-refractivity contribution is 9.10. The molecule has 0 aliphatic carbocycles. The standard InChI is InChI=1S/C19H22BrN3O/c1-14-12-16(20)7-8-17(14)19(24)22-13-15-6-5-9-21-18(15)23-10-3-2-4-11-23/h5-9,12H,2-4,10-11,13H2,1H3,(H,22,24). The molecule has 1 N–H and O–H groups in total. The third kappa shape index (κ3) is 3.96. The SMILES string of the molecule is Cc1cc(Br)ccc1C(=O)NCc1cccnc1N1CCCCC1. The lowest BCUT2D eigenvalue weighted by Gasteiger charge is -2.29. The van der Waals surface area contributed by atoms with Gasteiger partial charge in [-0.05, 0) is 56.0 Å². The predicted octanol–water partition coefficient (Wildman–Crippen LogP) is 4.07. The van der Waals surface area contributed by atoms with Gasteiger partial charge in [-0.25, -0.2) is 4.98 Å². The van der Waals surface area contributed by atoms with Crippen LogP contribution in [0.1, 0.15) is 40.7 Å². The van der Waals surface area contributed by atoms with E-state index in [0.717, 1.165) is 34.5 Å². The van der Waals surface area contributed by atoms with E-state index in [0.29, 0.717) is 12.1 Å². The Morgan fingerprint density at radius 1 is 1.25 bits per heavy atom. The van der Waals surface area contributed by atoms with Crippen molar-refractivity contribution in [3.05, 3.63) is 57.7 Å². The highest BCUT2D eigenvalue weighted by Crippen LogP contribution is 2.22. The monoisotopic (exact) mass is 387 g/mol. The van der Waals surface area contributed by atoms with Gasteiger partial charge in [0.2, 0.25) is 0 Å². The Bertz CT molecular complexity index is 726. The van der Waals surface area contributed by atoms with Gasteiger partial charge in [0.1, 0.15) is 5.82 Å². The number of amides is 1. The second kappa shape index (κ2) is 7.79. The van der Waals surface area contributed by atoms with Gasteiger partial charge in [-0.1, -0.05) is 22.0 Å². The summed E-state index contributed by atoms with van der Waals surface area (Å²) in [4.78, 5) is 19.4. The Morgan fingerprint density at radius 3 is 2.79 bits per heavy atom. The summed E-state index contributed by atoms with van der Waals surface area (Å²) >= 11 is 3.43. The second-order valence-electron chi connectivity index (χ2n) is 6.18. The number of hydrogen-bond donors (Lipinski definition) is 1. The molecule has 1 aliphatic heterocycles. The molecule has 2 aromatic rings. The number of aryl methyl sites for hydroxylation is 1. The Morgan fingerprint density at radius 2 is 2.04 bits per heavy atom. The zero-order chi connectivity index (χ0) is 16.9. The average molecular weight is 388 g/mol. The fourth-order valence-corrected chi connectivity index (χ4v) is 3.59. The molecule has 0 unspecified atom stereocenters. The minimum atomic E-state index is -0.0477. The van der Waals surface area contributed by atoms with Gasteiger partial charge in [0, 0.05) is 41.4 Å². The molecule has 0 radical (unpaired) electrons. The van der Waals surface area contributed by atoms with Crippen LogP contribution in [0.25, 0.3) is 0 Å². The van der Waals surface area contributed by atoms with Crippen LogP contribution in [0, 0.1) is 6.92 Å². The van der Waals surface area contributed by atoms with Crippen molar-refractivity contribution in [1.82, 2.24) is 10.3 Å². The summed E-state index contributed by atoms with van der Waals surface area (Å²) in [6, 6.07) is 9.68. The molecule has 1 aromatic carbocycles.